The van der Waals surface area contributed by atoms with Gasteiger partial charge < -0.3 is 10.5 Å². The van der Waals surface area contributed by atoms with Crippen molar-refractivity contribution in [1.29, 1.82) is 0 Å². The number of rotatable bonds is 5. The zero-order valence-electron chi connectivity index (χ0n) is 13.1. The zero-order valence-corrected chi connectivity index (χ0v) is 14.7. The molecule has 1 fully saturated rings. The van der Waals surface area contributed by atoms with Crippen molar-refractivity contribution in [2.45, 2.75) is 51.1 Å². The van der Waals surface area contributed by atoms with Crippen molar-refractivity contribution in [3.63, 3.8) is 0 Å². The topological polar surface area (TPSA) is 38.5 Å². The van der Waals surface area contributed by atoms with Gasteiger partial charge in [0.15, 0.2) is 0 Å². The number of hydrogen-bond acceptors (Lipinski definition) is 3. The van der Waals surface area contributed by atoms with E-state index in [9.17, 15) is 0 Å². The van der Waals surface area contributed by atoms with Crippen molar-refractivity contribution >= 4 is 15.9 Å². The molecule has 4 heteroatoms. The fraction of sp³-hybridized carbons (Fsp3) is 0.647. The highest BCUT2D eigenvalue weighted by Gasteiger charge is 2.28. The number of nitrogens with zero attached hydrogens (tertiary/aromatic N) is 1. The predicted octanol–water partition coefficient (Wildman–Crippen LogP) is 4.11. The van der Waals surface area contributed by atoms with Crippen LogP contribution in [0.4, 0.5) is 0 Å². The molecule has 21 heavy (non-hydrogen) atoms. The first kappa shape index (κ1) is 16.8. The van der Waals surface area contributed by atoms with Crippen molar-refractivity contribution in [2.24, 2.45) is 5.73 Å². The summed E-state index contributed by atoms with van der Waals surface area (Å²) in [5.74, 6) is 0.898. The SMILES string of the molecule is CCC1CCCCCN1C(CN)c1cc(OC)ccc1Br. The lowest BCUT2D eigenvalue weighted by molar-refractivity contribution is 0.135. The van der Waals surface area contributed by atoms with E-state index in [1.54, 1.807) is 7.11 Å². The van der Waals surface area contributed by atoms with Gasteiger partial charge in [-0.05, 0) is 49.6 Å². The Kier molecular flexibility index (Phi) is 6.52. The Morgan fingerprint density at radius 2 is 2.19 bits per heavy atom. The Hall–Kier alpha value is -0.580. The molecule has 0 spiro atoms. The first-order chi connectivity index (χ1) is 10.2. The molecule has 1 heterocycles. The molecule has 2 unspecified atom stereocenters. The van der Waals surface area contributed by atoms with Crippen molar-refractivity contribution in [3.8, 4) is 5.75 Å². The van der Waals surface area contributed by atoms with Crippen LogP contribution in [0.2, 0.25) is 0 Å². The van der Waals surface area contributed by atoms with Gasteiger partial charge in [-0.1, -0.05) is 35.7 Å². The molecule has 2 atom stereocenters. The monoisotopic (exact) mass is 354 g/mol. The minimum absolute atomic E-state index is 0.262. The molecule has 2 rings (SSSR count). The van der Waals surface area contributed by atoms with Crippen LogP contribution in [0.1, 0.15) is 50.6 Å². The maximum atomic E-state index is 6.16. The maximum Gasteiger partial charge on any atom is 0.119 e. The van der Waals surface area contributed by atoms with E-state index in [0.717, 1.165) is 16.8 Å². The van der Waals surface area contributed by atoms with E-state index >= 15 is 0 Å². The van der Waals surface area contributed by atoms with Crippen LogP contribution in [0, 0.1) is 0 Å². The highest BCUT2D eigenvalue weighted by atomic mass is 79.9. The number of nitrogens with two attached hydrogens (primary N) is 1. The Labute approximate surface area is 137 Å². The summed E-state index contributed by atoms with van der Waals surface area (Å²) in [5.41, 5.74) is 7.41. The molecule has 1 aliphatic rings. The molecule has 1 aromatic carbocycles. The molecule has 0 bridgehead atoms. The smallest absolute Gasteiger partial charge is 0.119 e. The molecule has 3 nitrogen and oxygen atoms in total. The second-order valence-electron chi connectivity index (χ2n) is 5.79. The lowest BCUT2D eigenvalue weighted by Crippen LogP contribution is -2.41. The van der Waals surface area contributed by atoms with Gasteiger partial charge in [0.25, 0.3) is 0 Å². The van der Waals surface area contributed by atoms with E-state index in [-0.39, 0.29) is 6.04 Å². The molecule has 0 saturated carbocycles. The first-order valence-corrected chi connectivity index (χ1v) is 8.79. The molecule has 1 aliphatic heterocycles. The van der Waals surface area contributed by atoms with Crippen LogP contribution in [0.5, 0.6) is 5.75 Å². The number of ether oxygens (including phenoxy) is 1. The molecule has 0 amide bonds. The summed E-state index contributed by atoms with van der Waals surface area (Å²) in [5, 5.41) is 0. The van der Waals surface area contributed by atoms with E-state index < -0.39 is 0 Å². The Morgan fingerprint density at radius 3 is 2.86 bits per heavy atom. The summed E-state index contributed by atoms with van der Waals surface area (Å²) in [6, 6.07) is 7.08. The summed E-state index contributed by atoms with van der Waals surface area (Å²) in [7, 11) is 1.71. The lowest BCUT2D eigenvalue weighted by atomic mass is 10.0. The van der Waals surface area contributed by atoms with Crippen LogP contribution in [-0.4, -0.2) is 31.1 Å². The van der Waals surface area contributed by atoms with E-state index in [2.05, 4.69) is 39.9 Å². The number of hydrogen-bond donors (Lipinski definition) is 1. The summed E-state index contributed by atoms with van der Waals surface area (Å²) in [6.45, 7) is 4.07. The maximum absolute atomic E-state index is 6.16. The lowest BCUT2D eigenvalue weighted by Gasteiger charge is -2.37. The van der Waals surface area contributed by atoms with Crippen molar-refractivity contribution < 1.29 is 4.74 Å². The van der Waals surface area contributed by atoms with Crippen LogP contribution in [0.25, 0.3) is 0 Å². The van der Waals surface area contributed by atoms with Crippen molar-refractivity contribution in [1.82, 2.24) is 4.90 Å². The van der Waals surface area contributed by atoms with Gasteiger partial charge in [-0.3, -0.25) is 4.90 Å². The summed E-state index contributed by atoms with van der Waals surface area (Å²) < 4.78 is 6.51. The van der Waals surface area contributed by atoms with E-state index in [1.807, 2.05) is 6.07 Å². The summed E-state index contributed by atoms with van der Waals surface area (Å²) in [6.07, 6.45) is 6.43. The molecular formula is C17H27BrN2O. The Bertz CT molecular complexity index is 452. The minimum Gasteiger partial charge on any atom is -0.497 e. The van der Waals surface area contributed by atoms with Crippen molar-refractivity contribution in [2.75, 3.05) is 20.2 Å². The molecule has 0 radical (unpaired) electrons. The normalized spacial score (nSPS) is 21.8. The average molecular weight is 355 g/mol. The van der Waals surface area contributed by atoms with Gasteiger partial charge in [-0.25, -0.2) is 0 Å². The van der Waals surface area contributed by atoms with Crippen LogP contribution in [0.3, 0.4) is 0 Å². The molecule has 1 saturated heterocycles. The van der Waals surface area contributed by atoms with Gasteiger partial charge in [-0.2, -0.15) is 0 Å². The van der Waals surface area contributed by atoms with Gasteiger partial charge in [0, 0.05) is 23.1 Å². The van der Waals surface area contributed by atoms with Gasteiger partial charge >= 0.3 is 0 Å². The molecule has 1 aromatic rings. The van der Waals surface area contributed by atoms with Gasteiger partial charge in [0.2, 0.25) is 0 Å². The molecule has 118 valence electrons. The van der Waals surface area contributed by atoms with Crippen LogP contribution >= 0.6 is 15.9 Å². The second kappa shape index (κ2) is 8.16. The Balaban J connectivity index is 2.32. The standard InChI is InChI=1S/C17H27BrN2O/c1-3-13-7-5-4-6-10-20(13)17(12-19)15-11-14(21-2)8-9-16(15)18/h8-9,11,13,17H,3-7,10,12,19H2,1-2H3. The fourth-order valence-corrected chi connectivity index (χ4v) is 3.90. The highest BCUT2D eigenvalue weighted by molar-refractivity contribution is 9.10. The number of halogens is 1. The molecular weight excluding hydrogens is 328 g/mol. The highest BCUT2D eigenvalue weighted by Crippen LogP contribution is 2.34. The minimum atomic E-state index is 0.262. The zero-order chi connectivity index (χ0) is 15.2. The number of benzene rings is 1. The quantitative estimate of drug-likeness (QED) is 0.864. The van der Waals surface area contributed by atoms with E-state index in [1.165, 1.54) is 37.7 Å². The van der Waals surface area contributed by atoms with Gasteiger partial charge in [-0.15, -0.1) is 0 Å². The average Bonchev–Trinajstić information content (AvgIpc) is 2.75. The van der Waals surface area contributed by atoms with Crippen LogP contribution in [-0.2, 0) is 0 Å². The molecule has 2 N–H and O–H groups in total. The van der Waals surface area contributed by atoms with E-state index in [4.69, 9.17) is 10.5 Å². The van der Waals surface area contributed by atoms with Crippen LogP contribution in [0.15, 0.2) is 22.7 Å². The Morgan fingerprint density at radius 1 is 1.38 bits per heavy atom. The second-order valence-corrected chi connectivity index (χ2v) is 6.64. The number of likely N-dealkylation sites (tertiary alicyclic amines) is 1. The fourth-order valence-electron chi connectivity index (χ4n) is 3.39. The van der Waals surface area contributed by atoms with Gasteiger partial charge in [0.1, 0.15) is 5.75 Å². The molecule has 0 aliphatic carbocycles. The third-order valence-corrected chi connectivity index (χ3v) is 5.30. The van der Waals surface area contributed by atoms with Crippen molar-refractivity contribution in [3.05, 3.63) is 28.2 Å². The van der Waals surface area contributed by atoms with Crippen LogP contribution < -0.4 is 10.5 Å². The van der Waals surface area contributed by atoms with E-state index in [0.29, 0.717) is 12.6 Å². The van der Waals surface area contributed by atoms with Gasteiger partial charge in [0.05, 0.1) is 7.11 Å². The largest absolute Gasteiger partial charge is 0.497 e. The predicted molar refractivity (Wildman–Crippen MR) is 91.7 cm³/mol. The number of methoxy groups -OCH3 is 1. The third kappa shape index (κ3) is 3.99. The summed E-state index contributed by atoms with van der Waals surface area (Å²) >= 11 is 3.69. The summed E-state index contributed by atoms with van der Waals surface area (Å²) in [4.78, 5) is 2.62. The third-order valence-electron chi connectivity index (χ3n) is 4.58. The molecule has 0 aromatic heterocycles. The first-order valence-electron chi connectivity index (χ1n) is 8.00.